The topological polar surface area (TPSA) is 97.3 Å². The van der Waals surface area contributed by atoms with Crippen LogP contribution in [0.5, 0.6) is 11.5 Å². The summed E-state index contributed by atoms with van der Waals surface area (Å²) in [4.78, 5) is 32.2. The average molecular weight is 540 g/mol. The zero-order valence-electron chi connectivity index (χ0n) is 22.0. The highest BCUT2D eigenvalue weighted by Crippen LogP contribution is 2.31. The summed E-state index contributed by atoms with van der Waals surface area (Å²) >= 11 is 1.37. The number of rotatable bonds is 10. The molecule has 1 aliphatic rings. The minimum Gasteiger partial charge on any atom is -0.493 e. The molecule has 1 aliphatic heterocycles. The molecule has 0 unspecified atom stereocenters. The maximum atomic E-state index is 13.2. The number of carbonyl (C=O) groups is 2. The number of aromatic nitrogens is 2. The van der Waals surface area contributed by atoms with E-state index in [0.29, 0.717) is 49.2 Å². The molecule has 0 spiro atoms. The third-order valence-corrected chi connectivity index (χ3v) is 7.27. The number of amides is 2. The van der Waals surface area contributed by atoms with Crippen LogP contribution in [-0.4, -0.2) is 99.0 Å². The van der Waals surface area contributed by atoms with Gasteiger partial charge in [-0.15, -0.1) is 21.5 Å². The maximum absolute atomic E-state index is 13.2. The van der Waals surface area contributed by atoms with Gasteiger partial charge >= 0.3 is 0 Å². The number of nitrogens with zero attached hydrogens (tertiary/aromatic N) is 5. The first-order valence-corrected chi connectivity index (χ1v) is 13.3. The van der Waals surface area contributed by atoms with Crippen LogP contribution in [0, 0.1) is 0 Å². The first-order chi connectivity index (χ1) is 18.5. The van der Waals surface area contributed by atoms with Gasteiger partial charge < -0.3 is 28.9 Å². The predicted molar refractivity (Wildman–Crippen MR) is 146 cm³/mol. The summed E-state index contributed by atoms with van der Waals surface area (Å²) in [6, 6.07) is 13.1. The lowest BCUT2D eigenvalue weighted by atomic mass is 10.1. The second-order valence-electron chi connectivity index (χ2n) is 8.76. The monoisotopic (exact) mass is 539 g/mol. The fourth-order valence-corrected chi connectivity index (χ4v) is 5.00. The van der Waals surface area contributed by atoms with Crippen LogP contribution in [0.3, 0.4) is 0 Å². The molecular weight excluding hydrogens is 506 g/mol. The molecule has 0 aliphatic carbocycles. The first kappa shape index (κ1) is 27.3. The van der Waals surface area contributed by atoms with Gasteiger partial charge in [0, 0.05) is 45.4 Å². The van der Waals surface area contributed by atoms with Crippen LogP contribution in [0.2, 0.25) is 0 Å². The number of thiophene rings is 1. The second kappa shape index (κ2) is 13.2. The molecule has 1 aromatic carbocycles. The Morgan fingerprint density at radius 2 is 1.82 bits per heavy atom. The van der Waals surface area contributed by atoms with Crippen molar-refractivity contribution >= 4 is 29.0 Å². The number of ether oxygens (including phenoxy) is 3. The number of carbonyl (C=O) groups excluding carboxylic acids is 2. The Labute approximate surface area is 226 Å². The lowest BCUT2D eigenvalue weighted by Crippen LogP contribution is -2.45. The summed E-state index contributed by atoms with van der Waals surface area (Å²) in [6.07, 6.45) is 0.793. The Morgan fingerprint density at radius 1 is 0.974 bits per heavy atom. The molecule has 0 atom stereocenters. The number of benzene rings is 1. The van der Waals surface area contributed by atoms with Crippen LogP contribution in [0.4, 0.5) is 5.82 Å². The van der Waals surface area contributed by atoms with E-state index in [1.807, 2.05) is 46.7 Å². The Bertz CT molecular complexity index is 1210. The van der Waals surface area contributed by atoms with Crippen LogP contribution >= 0.6 is 11.3 Å². The Hall–Kier alpha value is -3.70. The Balaban J connectivity index is 1.37. The van der Waals surface area contributed by atoms with Crippen molar-refractivity contribution in [3.63, 3.8) is 0 Å². The molecule has 1 fully saturated rings. The summed E-state index contributed by atoms with van der Waals surface area (Å²) in [7, 11) is 4.79. The van der Waals surface area contributed by atoms with Gasteiger partial charge in [0.15, 0.2) is 17.3 Å². The molecule has 0 saturated carbocycles. The summed E-state index contributed by atoms with van der Waals surface area (Å²) in [6.45, 7) is 3.32. The van der Waals surface area contributed by atoms with Crippen molar-refractivity contribution in [3.8, 4) is 22.8 Å². The van der Waals surface area contributed by atoms with Gasteiger partial charge in [-0.3, -0.25) is 9.59 Å². The van der Waals surface area contributed by atoms with Crippen molar-refractivity contribution in [1.29, 1.82) is 0 Å². The highest BCUT2D eigenvalue weighted by Gasteiger charge is 2.25. The van der Waals surface area contributed by atoms with Crippen LogP contribution in [-0.2, 0) is 9.53 Å². The molecule has 2 aromatic heterocycles. The second-order valence-corrected chi connectivity index (χ2v) is 9.71. The zero-order valence-corrected chi connectivity index (χ0v) is 22.8. The van der Waals surface area contributed by atoms with Gasteiger partial charge in [-0.1, -0.05) is 6.07 Å². The van der Waals surface area contributed by atoms with Gasteiger partial charge in [0.25, 0.3) is 5.91 Å². The van der Waals surface area contributed by atoms with E-state index < -0.39 is 0 Å². The quantitative estimate of drug-likeness (QED) is 0.388. The predicted octanol–water partition coefficient (Wildman–Crippen LogP) is 3.05. The van der Waals surface area contributed by atoms with E-state index in [9.17, 15) is 9.59 Å². The third-order valence-electron chi connectivity index (χ3n) is 6.41. The number of hydrogen-bond donors (Lipinski definition) is 0. The molecule has 3 heterocycles. The SMILES string of the molecule is COCCN(CC(=O)N1CCCN(c2ccc(-c3ccc(OC)c(OC)c3)nn2)CC1)C(=O)c1cccs1. The smallest absolute Gasteiger partial charge is 0.264 e. The molecule has 2 amide bonds. The summed E-state index contributed by atoms with van der Waals surface area (Å²) in [5.41, 5.74) is 1.61. The van der Waals surface area contributed by atoms with Crippen LogP contribution in [0.15, 0.2) is 47.8 Å². The Morgan fingerprint density at radius 3 is 2.50 bits per heavy atom. The maximum Gasteiger partial charge on any atom is 0.264 e. The molecule has 0 N–H and O–H groups in total. The molecular formula is C27H33N5O5S. The highest BCUT2D eigenvalue weighted by atomic mass is 32.1. The van der Waals surface area contributed by atoms with E-state index in [1.54, 1.807) is 32.3 Å². The van der Waals surface area contributed by atoms with Crippen LogP contribution in [0.25, 0.3) is 11.3 Å². The van der Waals surface area contributed by atoms with Crippen molar-refractivity contribution in [2.24, 2.45) is 0 Å². The van der Waals surface area contributed by atoms with E-state index in [2.05, 4.69) is 15.1 Å². The fourth-order valence-electron chi connectivity index (χ4n) is 4.31. The number of methoxy groups -OCH3 is 3. The zero-order chi connectivity index (χ0) is 26.9. The summed E-state index contributed by atoms with van der Waals surface area (Å²) in [5, 5.41) is 10.7. The largest absolute Gasteiger partial charge is 0.493 e. The van der Waals surface area contributed by atoms with Gasteiger partial charge in [0.1, 0.15) is 6.54 Å². The standard InChI is InChI=1S/C27H33N5O5S/c1-35-16-15-32(27(34)24-6-4-17-38-24)19-26(33)31-12-5-11-30(13-14-31)25-10-8-21(28-29-25)20-7-9-22(36-2)23(18-20)37-3/h4,6-10,17-18H,5,11-16,19H2,1-3H3. The van der Waals surface area contributed by atoms with E-state index in [0.717, 1.165) is 30.0 Å². The van der Waals surface area contributed by atoms with E-state index >= 15 is 0 Å². The van der Waals surface area contributed by atoms with E-state index in [1.165, 1.54) is 11.3 Å². The van der Waals surface area contributed by atoms with Crippen molar-refractivity contribution in [2.45, 2.75) is 6.42 Å². The minimum absolute atomic E-state index is 0.0277. The van der Waals surface area contributed by atoms with Gasteiger partial charge in [-0.25, -0.2) is 0 Å². The molecule has 4 rings (SSSR count). The van der Waals surface area contributed by atoms with Crippen LogP contribution in [0.1, 0.15) is 16.1 Å². The van der Waals surface area contributed by atoms with Crippen molar-refractivity contribution in [2.75, 3.05) is 72.1 Å². The van der Waals surface area contributed by atoms with E-state index in [-0.39, 0.29) is 18.4 Å². The molecule has 10 nitrogen and oxygen atoms in total. The third kappa shape index (κ3) is 6.59. The first-order valence-electron chi connectivity index (χ1n) is 12.4. The van der Waals surface area contributed by atoms with Gasteiger partial charge in [0.05, 0.1) is 31.4 Å². The molecule has 38 heavy (non-hydrogen) atoms. The molecule has 0 bridgehead atoms. The van der Waals surface area contributed by atoms with Crippen LogP contribution < -0.4 is 14.4 Å². The van der Waals surface area contributed by atoms with Gasteiger partial charge in [0.2, 0.25) is 5.91 Å². The summed E-state index contributed by atoms with van der Waals surface area (Å²) in [5.74, 6) is 1.83. The van der Waals surface area contributed by atoms with E-state index in [4.69, 9.17) is 14.2 Å². The average Bonchev–Trinajstić information content (AvgIpc) is 3.39. The molecule has 0 radical (unpaired) electrons. The summed E-state index contributed by atoms with van der Waals surface area (Å²) < 4.78 is 15.9. The molecule has 3 aromatic rings. The number of hydrogen-bond acceptors (Lipinski definition) is 9. The lowest BCUT2D eigenvalue weighted by molar-refractivity contribution is -0.131. The lowest BCUT2D eigenvalue weighted by Gasteiger charge is -2.26. The Kier molecular flexibility index (Phi) is 9.50. The molecule has 11 heteroatoms. The fraction of sp³-hybridized carbons (Fsp3) is 0.407. The van der Waals surface area contributed by atoms with Gasteiger partial charge in [-0.2, -0.15) is 0 Å². The van der Waals surface area contributed by atoms with Crippen molar-refractivity contribution < 1.29 is 23.8 Å². The molecule has 202 valence electrons. The highest BCUT2D eigenvalue weighted by molar-refractivity contribution is 7.12. The minimum atomic E-state index is -0.147. The number of anilines is 1. The normalized spacial score (nSPS) is 13.7. The van der Waals surface area contributed by atoms with Crippen molar-refractivity contribution in [1.82, 2.24) is 20.0 Å². The molecule has 1 saturated heterocycles. The van der Waals surface area contributed by atoms with Gasteiger partial charge in [-0.05, 0) is 48.2 Å². The van der Waals surface area contributed by atoms with Crippen molar-refractivity contribution in [3.05, 3.63) is 52.7 Å².